The normalized spacial score (nSPS) is 12.8. The molecule has 2 nitrogen and oxygen atoms in total. The van der Waals surface area contributed by atoms with Crippen molar-refractivity contribution < 1.29 is 4.74 Å². The molecule has 0 amide bonds. The Kier molecular flexibility index (Phi) is 4.22. The van der Waals surface area contributed by atoms with E-state index in [-0.39, 0.29) is 6.10 Å². The van der Waals surface area contributed by atoms with E-state index < -0.39 is 0 Å². The number of hydrogen-bond donors (Lipinski definition) is 1. The number of benzene rings is 1. The summed E-state index contributed by atoms with van der Waals surface area (Å²) in [7, 11) is 3.61. The van der Waals surface area contributed by atoms with Crippen LogP contribution in [-0.2, 0) is 4.74 Å². The van der Waals surface area contributed by atoms with Crippen LogP contribution in [0.1, 0.15) is 11.7 Å². The highest BCUT2D eigenvalue weighted by Gasteiger charge is 2.07. The predicted molar refractivity (Wildman–Crippen MR) is 55.1 cm³/mol. The highest BCUT2D eigenvalue weighted by molar-refractivity contribution is 6.30. The van der Waals surface area contributed by atoms with E-state index in [1.54, 1.807) is 7.11 Å². The smallest absolute Gasteiger partial charge is 0.0945 e. The summed E-state index contributed by atoms with van der Waals surface area (Å²) in [6.07, 6.45) is 0.0993. The molecule has 0 heterocycles. The van der Waals surface area contributed by atoms with Gasteiger partial charge in [0.05, 0.1) is 6.10 Å². The van der Waals surface area contributed by atoms with Gasteiger partial charge in [0.1, 0.15) is 0 Å². The molecule has 1 atom stereocenters. The van der Waals surface area contributed by atoms with Gasteiger partial charge in [0.2, 0.25) is 0 Å². The van der Waals surface area contributed by atoms with Crippen molar-refractivity contribution in [1.82, 2.24) is 5.32 Å². The van der Waals surface area contributed by atoms with Gasteiger partial charge in [0.15, 0.2) is 0 Å². The van der Waals surface area contributed by atoms with E-state index in [0.717, 1.165) is 17.1 Å². The first-order valence-corrected chi connectivity index (χ1v) is 4.58. The van der Waals surface area contributed by atoms with Gasteiger partial charge in [-0.2, -0.15) is 0 Å². The standard InChI is InChI=1S/C10H14ClNO/c1-12-7-10(13-2)8-3-5-9(11)6-4-8/h3-6,10,12H,7H2,1-2H3. The number of nitrogens with one attached hydrogen (secondary N) is 1. The fourth-order valence-corrected chi connectivity index (χ4v) is 1.33. The molecule has 0 radical (unpaired) electrons. The highest BCUT2D eigenvalue weighted by Crippen LogP contribution is 2.18. The number of ether oxygens (including phenoxy) is 1. The van der Waals surface area contributed by atoms with Crippen molar-refractivity contribution in [2.75, 3.05) is 20.7 Å². The van der Waals surface area contributed by atoms with Crippen LogP contribution < -0.4 is 5.32 Å². The van der Waals surface area contributed by atoms with Crippen molar-refractivity contribution in [3.63, 3.8) is 0 Å². The third-order valence-corrected chi connectivity index (χ3v) is 2.17. The first-order valence-electron chi connectivity index (χ1n) is 4.20. The third-order valence-electron chi connectivity index (χ3n) is 1.92. The third kappa shape index (κ3) is 2.99. The Morgan fingerprint density at radius 2 is 2.00 bits per heavy atom. The largest absolute Gasteiger partial charge is 0.375 e. The highest BCUT2D eigenvalue weighted by atomic mass is 35.5. The summed E-state index contributed by atoms with van der Waals surface area (Å²) in [6.45, 7) is 0.804. The second-order valence-electron chi connectivity index (χ2n) is 2.83. The van der Waals surface area contributed by atoms with Gasteiger partial charge in [0.25, 0.3) is 0 Å². The van der Waals surface area contributed by atoms with Crippen LogP contribution in [0.3, 0.4) is 0 Å². The zero-order chi connectivity index (χ0) is 9.68. The van der Waals surface area contributed by atoms with Crippen molar-refractivity contribution in [2.24, 2.45) is 0 Å². The Morgan fingerprint density at radius 1 is 1.38 bits per heavy atom. The van der Waals surface area contributed by atoms with Crippen LogP contribution in [0.5, 0.6) is 0 Å². The molecule has 1 aromatic rings. The fraction of sp³-hybridized carbons (Fsp3) is 0.400. The van der Waals surface area contributed by atoms with Crippen LogP contribution in [0.15, 0.2) is 24.3 Å². The number of likely N-dealkylation sites (N-methyl/N-ethyl adjacent to an activating group) is 1. The minimum absolute atomic E-state index is 0.0993. The average molecular weight is 200 g/mol. The van der Waals surface area contributed by atoms with E-state index in [2.05, 4.69) is 5.32 Å². The van der Waals surface area contributed by atoms with Crippen molar-refractivity contribution in [2.45, 2.75) is 6.10 Å². The van der Waals surface area contributed by atoms with Gasteiger partial charge in [-0.3, -0.25) is 0 Å². The van der Waals surface area contributed by atoms with Crippen LogP contribution in [0.4, 0.5) is 0 Å². The van der Waals surface area contributed by atoms with Gasteiger partial charge in [-0.05, 0) is 24.7 Å². The number of rotatable bonds is 4. The number of methoxy groups -OCH3 is 1. The van der Waals surface area contributed by atoms with Gasteiger partial charge in [-0.25, -0.2) is 0 Å². The molecule has 0 saturated heterocycles. The van der Waals surface area contributed by atoms with Crippen molar-refractivity contribution in [1.29, 1.82) is 0 Å². The first kappa shape index (κ1) is 10.5. The van der Waals surface area contributed by atoms with Gasteiger partial charge in [0, 0.05) is 18.7 Å². The van der Waals surface area contributed by atoms with Gasteiger partial charge in [-0.15, -0.1) is 0 Å². The molecule has 0 aliphatic heterocycles. The fourth-order valence-electron chi connectivity index (χ4n) is 1.20. The SMILES string of the molecule is CNCC(OC)c1ccc(Cl)cc1. The minimum atomic E-state index is 0.0993. The summed E-state index contributed by atoms with van der Waals surface area (Å²) >= 11 is 5.78. The minimum Gasteiger partial charge on any atom is -0.375 e. The Morgan fingerprint density at radius 3 is 2.46 bits per heavy atom. The predicted octanol–water partition coefficient (Wildman–Crippen LogP) is 2.25. The lowest BCUT2D eigenvalue weighted by Gasteiger charge is -2.14. The molecule has 0 bridgehead atoms. The molecule has 0 aliphatic carbocycles. The summed E-state index contributed by atoms with van der Waals surface area (Å²) in [5.41, 5.74) is 1.14. The van der Waals surface area contributed by atoms with Crippen LogP contribution in [0, 0.1) is 0 Å². The summed E-state index contributed by atoms with van der Waals surface area (Å²) in [6, 6.07) is 7.71. The zero-order valence-electron chi connectivity index (χ0n) is 7.88. The molecule has 0 fully saturated rings. The molecule has 13 heavy (non-hydrogen) atoms. The summed E-state index contributed by atoms with van der Waals surface area (Å²) in [5, 5.41) is 3.83. The second-order valence-corrected chi connectivity index (χ2v) is 3.27. The van der Waals surface area contributed by atoms with Gasteiger partial charge in [-0.1, -0.05) is 23.7 Å². The molecule has 1 rings (SSSR count). The van der Waals surface area contributed by atoms with Crippen molar-refractivity contribution in [3.8, 4) is 0 Å². The lowest BCUT2D eigenvalue weighted by molar-refractivity contribution is 0.104. The van der Waals surface area contributed by atoms with Crippen LogP contribution in [0.2, 0.25) is 5.02 Å². The maximum atomic E-state index is 5.78. The molecule has 1 N–H and O–H groups in total. The molecule has 0 spiro atoms. The number of halogens is 1. The maximum absolute atomic E-state index is 5.78. The molecule has 0 saturated carbocycles. The molecule has 0 aliphatic rings. The van der Waals surface area contributed by atoms with E-state index in [0.29, 0.717) is 0 Å². The zero-order valence-corrected chi connectivity index (χ0v) is 8.64. The quantitative estimate of drug-likeness (QED) is 0.803. The summed E-state index contributed by atoms with van der Waals surface area (Å²) in [5.74, 6) is 0. The van der Waals surface area contributed by atoms with Crippen LogP contribution in [-0.4, -0.2) is 20.7 Å². The Balaban J connectivity index is 2.73. The summed E-state index contributed by atoms with van der Waals surface area (Å²) < 4.78 is 5.31. The lowest BCUT2D eigenvalue weighted by Crippen LogP contribution is -2.18. The lowest BCUT2D eigenvalue weighted by atomic mass is 10.1. The second kappa shape index (κ2) is 5.22. The molecular weight excluding hydrogens is 186 g/mol. The van der Waals surface area contributed by atoms with E-state index in [4.69, 9.17) is 16.3 Å². The van der Waals surface area contributed by atoms with E-state index in [9.17, 15) is 0 Å². The first-order chi connectivity index (χ1) is 6.27. The van der Waals surface area contributed by atoms with Gasteiger partial charge < -0.3 is 10.1 Å². The van der Waals surface area contributed by atoms with Crippen LogP contribution >= 0.6 is 11.6 Å². The molecule has 1 unspecified atom stereocenters. The Labute approximate surface area is 83.9 Å². The van der Waals surface area contributed by atoms with Crippen molar-refractivity contribution in [3.05, 3.63) is 34.9 Å². The van der Waals surface area contributed by atoms with E-state index in [1.165, 1.54) is 0 Å². The summed E-state index contributed by atoms with van der Waals surface area (Å²) in [4.78, 5) is 0. The molecule has 3 heteroatoms. The van der Waals surface area contributed by atoms with Crippen LogP contribution in [0.25, 0.3) is 0 Å². The molecule has 1 aromatic carbocycles. The van der Waals surface area contributed by atoms with Gasteiger partial charge >= 0.3 is 0 Å². The van der Waals surface area contributed by atoms with Crippen molar-refractivity contribution >= 4 is 11.6 Å². The molecule has 0 aromatic heterocycles. The Bertz CT molecular complexity index is 248. The Hall–Kier alpha value is -0.570. The maximum Gasteiger partial charge on any atom is 0.0945 e. The molecule has 72 valence electrons. The number of hydrogen-bond acceptors (Lipinski definition) is 2. The van der Waals surface area contributed by atoms with E-state index in [1.807, 2.05) is 31.3 Å². The average Bonchev–Trinajstić information content (AvgIpc) is 2.16. The monoisotopic (exact) mass is 199 g/mol. The van der Waals surface area contributed by atoms with E-state index >= 15 is 0 Å². The molecular formula is C10H14ClNO. The topological polar surface area (TPSA) is 21.3 Å².